The van der Waals surface area contributed by atoms with Gasteiger partial charge in [0.05, 0.1) is 5.52 Å². The highest BCUT2D eigenvalue weighted by molar-refractivity contribution is 7.89. The van der Waals surface area contributed by atoms with E-state index in [1.54, 1.807) is 43.9 Å². The van der Waals surface area contributed by atoms with E-state index >= 15 is 0 Å². The minimum atomic E-state index is -3.82. The van der Waals surface area contributed by atoms with Crippen molar-refractivity contribution in [2.45, 2.75) is 4.90 Å². The maximum absolute atomic E-state index is 11.6. The van der Waals surface area contributed by atoms with Gasteiger partial charge in [0.2, 0.25) is 10.0 Å². The first kappa shape index (κ1) is 15.3. The number of aromatic nitrogens is 1. The summed E-state index contributed by atoms with van der Waals surface area (Å²) in [5, 5.41) is 5.67. The molecule has 1 amide bonds. The van der Waals surface area contributed by atoms with Crippen molar-refractivity contribution in [1.29, 1.82) is 0 Å². The molecule has 21 heavy (non-hydrogen) atoms. The lowest BCUT2D eigenvalue weighted by molar-refractivity contribution is -0.130. The number of sulfonamides is 1. The molecule has 2 rings (SSSR count). The SMILES string of the molecule is CN(C)C(=O)COc1cccc2c(S(N)(=O)=O)cn(C)c12. The number of rotatable bonds is 4. The van der Waals surface area contributed by atoms with E-state index in [4.69, 9.17) is 9.88 Å². The number of primary sulfonamides is 1. The van der Waals surface area contributed by atoms with Crippen LogP contribution in [0.15, 0.2) is 29.3 Å². The van der Waals surface area contributed by atoms with Crippen LogP contribution in [0, 0.1) is 0 Å². The molecule has 0 aliphatic rings. The molecule has 0 bridgehead atoms. The Kier molecular flexibility index (Phi) is 3.93. The molecule has 0 radical (unpaired) electrons. The van der Waals surface area contributed by atoms with Crippen molar-refractivity contribution in [3.8, 4) is 5.75 Å². The Morgan fingerprint density at radius 1 is 1.38 bits per heavy atom. The average Bonchev–Trinajstić information content (AvgIpc) is 2.74. The van der Waals surface area contributed by atoms with Crippen LogP contribution in [-0.2, 0) is 21.9 Å². The Hall–Kier alpha value is -2.06. The first-order valence-electron chi connectivity index (χ1n) is 6.15. The standard InChI is InChI=1S/C13H17N3O4S/c1-15(2)12(17)8-20-10-6-4-5-9-11(21(14,18)19)7-16(3)13(9)10/h4-7H,8H2,1-3H3,(H2,14,18,19). The Bertz CT molecular complexity index is 793. The van der Waals surface area contributed by atoms with Gasteiger partial charge in [-0.15, -0.1) is 0 Å². The van der Waals surface area contributed by atoms with Gasteiger partial charge in [0, 0.05) is 32.7 Å². The van der Waals surface area contributed by atoms with Crippen molar-refractivity contribution in [3.05, 3.63) is 24.4 Å². The summed E-state index contributed by atoms with van der Waals surface area (Å²) in [6, 6.07) is 4.99. The number of likely N-dealkylation sites (N-methyl/N-ethyl adjacent to an activating group) is 1. The number of aryl methyl sites for hydroxylation is 1. The predicted octanol–water partition coefficient (Wildman–Crippen LogP) is 0.293. The number of hydrogen-bond donors (Lipinski definition) is 1. The molecule has 2 N–H and O–H groups in total. The molecule has 0 aliphatic heterocycles. The summed E-state index contributed by atoms with van der Waals surface area (Å²) in [7, 11) is 1.14. The van der Waals surface area contributed by atoms with Crippen LogP contribution >= 0.6 is 0 Å². The number of para-hydroxylation sites is 1. The summed E-state index contributed by atoms with van der Waals surface area (Å²) in [5.74, 6) is 0.244. The molecule has 7 nitrogen and oxygen atoms in total. The van der Waals surface area contributed by atoms with E-state index in [1.807, 2.05) is 0 Å². The minimum Gasteiger partial charge on any atom is -0.482 e. The summed E-state index contributed by atoms with van der Waals surface area (Å²) in [6.45, 7) is -0.123. The molecule has 1 aromatic heterocycles. The van der Waals surface area contributed by atoms with E-state index < -0.39 is 10.0 Å². The Labute approximate surface area is 122 Å². The molecule has 114 valence electrons. The topological polar surface area (TPSA) is 94.6 Å². The van der Waals surface area contributed by atoms with Crippen LogP contribution in [0.5, 0.6) is 5.75 Å². The average molecular weight is 311 g/mol. The van der Waals surface area contributed by atoms with Crippen LogP contribution < -0.4 is 9.88 Å². The Balaban J connectivity index is 2.48. The number of nitrogens with zero attached hydrogens (tertiary/aromatic N) is 2. The van der Waals surface area contributed by atoms with Crippen molar-refractivity contribution in [1.82, 2.24) is 9.47 Å². The lowest BCUT2D eigenvalue weighted by Crippen LogP contribution is -2.27. The molecular formula is C13H17N3O4S. The molecular weight excluding hydrogens is 294 g/mol. The molecule has 8 heteroatoms. The Morgan fingerprint density at radius 2 is 2.05 bits per heavy atom. The fraction of sp³-hybridized carbons (Fsp3) is 0.308. The summed E-state index contributed by atoms with van der Waals surface area (Å²) >= 11 is 0. The summed E-state index contributed by atoms with van der Waals surface area (Å²) in [5.41, 5.74) is 0.577. The highest BCUT2D eigenvalue weighted by atomic mass is 32.2. The van der Waals surface area contributed by atoms with Gasteiger partial charge in [-0.25, -0.2) is 13.6 Å². The number of carbonyl (C=O) groups is 1. The highest BCUT2D eigenvalue weighted by Crippen LogP contribution is 2.31. The van der Waals surface area contributed by atoms with Gasteiger partial charge in [-0.05, 0) is 6.07 Å². The molecule has 0 saturated heterocycles. The minimum absolute atomic E-state index is 0.0318. The third-order valence-electron chi connectivity index (χ3n) is 3.08. The molecule has 1 aromatic carbocycles. The van der Waals surface area contributed by atoms with E-state index in [-0.39, 0.29) is 17.4 Å². The molecule has 0 atom stereocenters. The van der Waals surface area contributed by atoms with Gasteiger partial charge in [0.25, 0.3) is 5.91 Å². The van der Waals surface area contributed by atoms with Crippen molar-refractivity contribution in [2.24, 2.45) is 12.2 Å². The second-order valence-corrected chi connectivity index (χ2v) is 6.41. The van der Waals surface area contributed by atoms with Gasteiger partial charge in [0.1, 0.15) is 10.6 Å². The lowest BCUT2D eigenvalue weighted by Gasteiger charge is -2.12. The monoisotopic (exact) mass is 311 g/mol. The molecule has 0 saturated carbocycles. The van der Waals surface area contributed by atoms with Crippen molar-refractivity contribution in [2.75, 3.05) is 20.7 Å². The van der Waals surface area contributed by atoms with Crippen molar-refractivity contribution < 1.29 is 17.9 Å². The van der Waals surface area contributed by atoms with Crippen LogP contribution in [0.2, 0.25) is 0 Å². The first-order chi connectivity index (χ1) is 9.71. The van der Waals surface area contributed by atoms with E-state index in [2.05, 4.69) is 0 Å². The third kappa shape index (κ3) is 3.01. The van der Waals surface area contributed by atoms with Gasteiger partial charge >= 0.3 is 0 Å². The maximum atomic E-state index is 11.6. The van der Waals surface area contributed by atoms with Crippen molar-refractivity contribution in [3.63, 3.8) is 0 Å². The second-order valence-electron chi connectivity index (χ2n) is 4.88. The zero-order chi connectivity index (χ0) is 15.8. The fourth-order valence-corrected chi connectivity index (χ4v) is 2.78. The quantitative estimate of drug-likeness (QED) is 0.878. The van der Waals surface area contributed by atoms with Gasteiger partial charge < -0.3 is 14.2 Å². The molecule has 0 unspecified atom stereocenters. The van der Waals surface area contributed by atoms with Gasteiger partial charge in [0.15, 0.2) is 6.61 Å². The second kappa shape index (κ2) is 5.38. The van der Waals surface area contributed by atoms with E-state index in [0.717, 1.165) is 0 Å². The van der Waals surface area contributed by atoms with Crippen LogP contribution in [0.1, 0.15) is 0 Å². The van der Waals surface area contributed by atoms with E-state index in [1.165, 1.54) is 11.1 Å². The van der Waals surface area contributed by atoms with E-state index in [9.17, 15) is 13.2 Å². The van der Waals surface area contributed by atoms with Gasteiger partial charge in [-0.2, -0.15) is 0 Å². The lowest BCUT2D eigenvalue weighted by atomic mass is 10.2. The van der Waals surface area contributed by atoms with Crippen LogP contribution in [0.4, 0.5) is 0 Å². The largest absolute Gasteiger partial charge is 0.482 e. The third-order valence-corrected chi connectivity index (χ3v) is 4.02. The zero-order valence-electron chi connectivity index (χ0n) is 12.0. The fourth-order valence-electron chi connectivity index (χ4n) is 2.01. The van der Waals surface area contributed by atoms with Crippen LogP contribution in [-0.4, -0.2) is 44.5 Å². The molecule has 0 aliphatic carbocycles. The predicted molar refractivity (Wildman–Crippen MR) is 78.5 cm³/mol. The maximum Gasteiger partial charge on any atom is 0.259 e. The van der Waals surface area contributed by atoms with E-state index in [0.29, 0.717) is 16.7 Å². The first-order valence-corrected chi connectivity index (χ1v) is 7.70. The zero-order valence-corrected chi connectivity index (χ0v) is 12.8. The number of amides is 1. The molecule has 0 fully saturated rings. The van der Waals surface area contributed by atoms with Gasteiger partial charge in [-0.3, -0.25) is 4.79 Å². The summed E-state index contributed by atoms with van der Waals surface area (Å²) in [4.78, 5) is 13.0. The smallest absolute Gasteiger partial charge is 0.259 e. The number of hydrogen-bond acceptors (Lipinski definition) is 4. The number of nitrogens with two attached hydrogens (primary N) is 1. The van der Waals surface area contributed by atoms with Crippen LogP contribution in [0.3, 0.4) is 0 Å². The van der Waals surface area contributed by atoms with Gasteiger partial charge in [-0.1, -0.05) is 12.1 Å². The molecule has 2 aromatic rings. The van der Waals surface area contributed by atoms with Crippen molar-refractivity contribution >= 4 is 26.8 Å². The number of carbonyl (C=O) groups excluding carboxylic acids is 1. The summed E-state index contributed by atoms with van der Waals surface area (Å²) in [6.07, 6.45) is 1.43. The molecule has 0 spiro atoms. The normalized spacial score (nSPS) is 11.6. The summed E-state index contributed by atoms with van der Waals surface area (Å²) < 4.78 is 30.3. The number of fused-ring (bicyclic) bond motifs is 1. The number of benzene rings is 1. The molecule has 1 heterocycles. The highest BCUT2D eigenvalue weighted by Gasteiger charge is 2.19. The Morgan fingerprint density at radius 3 is 2.62 bits per heavy atom. The van der Waals surface area contributed by atoms with Crippen LogP contribution in [0.25, 0.3) is 10.9 Å². The number of ether oxygens (including phenoxy) is 1.